The van der Waals surface area contributed by atoms with Crippen LogP contribution in [0, 0.1) is 5.92 Å². The maximum atomic E-state index is 4.43. The summed E-state index contributed by atoms with van der Waals surface area (Å²) in [5.41, 5.74) is 0. The molecule has 0 bridgehead atoms. The Morgan fingerprint density at radius 1 is 1.33 bits per heavy atom. The molecule has 18 heavy (non-hydrogen) atoms. The lowest BCUT2D eigenvalue weighted by molar-refractivity contribution is 0.145. The van der Waals surface area contributed by atoms with Crippen LogP contribution in [-0.2, 0) is 13.1 Å². The third-order valence-electron chi connectivity index (χ3n) is 3.69. The third-order valence-corrected chi connectivity index (χ3v) is 3.69. The molecule has 0 aromatic carbocycles. The van der Waals surface area contributed by atoms with Gasteiger partial charge in [0.1, 0.15) is 5.82 Å². The Morgan fingerprint density at radius 2 is 2.17 bits per heavy atom. The Kier molecular flexibility index (Phi) is 4.78. The second-order valence-corrected chi connectivity index (χ2v) is 5.62. The smallest absolute Gasteiger partial charge is 0.122 e. The van der Waals surface area contributed by atoms with E-state index >= 15 is 0 Å². The first-order valence-electron chi connectivity index (χ1n) is 7.15. The number of hydrogen-bond acceptors (Lipinski definition) is 3. The van der Waals surface area contributed by atoms with Gasteiger partial charge < -0.3 is 9.88 Å². The van der Waals surface area contributed by atoms with Crippen molar-refractivity contribution in [3.63, 3.8) is 0 Å². The molecule has 1 aromatic rings. The number of imidazole rings is 1. The van der Waals surface area contributed by atoms with Crippen molar-refractivity contribution in [1.82, 2.24) is 19.8 Å². The molecule has 1 aliphatic rings. The molecule has 0 saturated carbocycles. The van der Waals surface area contributed by atoms with Crippen molar-refractivity contribution < 1.29 is 0 Å². The molecule has 2 rings (SSSR count). The fourth-order valence-corrected chi connectivity index (χ4v) is 2.57. The molecular formula is C14H26N4. The number of rotatable bonds is 6. The minimum atomic E-state index is 0.634. The van der Waals surface area contributed by atoms with Crippen LogP contribution < -0.4 is 5.32 Å². The van der Waals surface area contributed by atoms with E-state index < -0.39 is 0 Å². The van der Waals surface area contributed by atoms with E-state index in [1.54, 1.807) is 0 Å². The van der Waals surface area contributed by atoms with E-state index in [1.165, 1.54) is 12.2 Å². The standard InChI is InChI=1S/C14H26N4/c1-4-13(10-15-9-12(2)3)18-8-7-17-6-5-16-14(17)11-18/h5-6,12-13,15H,4,7-11H2,1-3H3. The van der Waals surface area contributed by atoms with Gasteiger partial charge in [-0.1, -0.05) is 20.8 Å². The summed E-state index contributed by atoms with van der Waals surface area (Å²) >= 11 is 0. The summed E-state index contributed by atoms with van der Waals surface area (Å²) in [5, 5.41) is 3.58. The normalized spacial score (nSPS) is 18.0. The van der Waals surface area contributed by atoms with Gasteiger partial charge >= 0.3 is 0 Å². The van der Waals surface area contributed by atoms with Gasteiger partial charge in [0, 0.05) is 38.1 Å². The van der Waals surface area contributed by atoms with Crippen molar-refractivity contribution in [3.8, 4) is 0 Å². The molecule has 2 heterocycles. The van der Waals surface area contributed by atoms with E-state index in [4.69, 9.17) is 0 Å². The van der Waals surface area contributed by atoms with Crippen LogP contribution in [0.2, 0.25) is 0 Å². The maximum absolute atomic E-state index is 4.43. The van der Waals surface area contributed by atoms with E-state index in [1.807, 2.05) is 6.20 Å². The summed E-state index contributed by atoms with van der Waals surface area (Å²) in [6, 6.07) is 0.634. The molecule has 1 aromatic heterocycles. The van der Waals surface area contributed by atoms with E-state index in [-0.39, 0.29) is 0 Å². The first kappa shape index (κ1) is 13.6. The summed E-state index contributed by atoms with van der Waals surface area (Å²) in [6.07, 6.45) is 5.20. The number of nitrogens with one attached hydrogen (secondary N) is 1. The number of aromatic nitrogens is 2. The lowest BCUT2D eigenvalue weighted by Gasteiger charge is -2.34. The Labute approximate surface area is 110 Å². The highest BCUT2D eigenvalue weighted by atomic mass is 15.3. The molecule has 1 N–H and O–H groups in total. The molecule has 4 nitrogen and oxygen atoms in total. The molecule has 1 aliphatic heterocycles. The van der Waals surface area contributed by atoms with Crippen LogP contribution >= 0.6 is 0 Å². The summed E-state index contributed by atoms with van der Waals surface area (Å²) in [5.74, 6) is 1.94. The summed E-state index contributed by atoms with van der Waals surface area (Å²) in [7, 11) is 0. The van der Waals surface area contributed by atoms with Crippen molar-refractivity contribution in [3.05, 3.63) is 18.2 Å². The van der Waals surface area contributed by atoms with Crippen LogP contribution in [0.3, 0.4) is 0 Å². The summed E-state index contributed by atoms with van der Waals surface area (Å²) in [6.45, 7) is 12.2. The highest BCUT2D eigenvalue weighted by Crippen LogP contribution is 2.14. The fourth-order valence-electron chi connectivity index (χ4n) is 2.57. The van der Waals surface area contributed by atoms with Crippen molar-refractivity contribution >= 4 is 0 Å². The number of hydrogen-bond donors (Lipinski definition) is 1. The van der Waals surface area contributed by atoms with Crippen LogP contribution in [0.25, 0.3) is 0 Å². The predicted octanol–water partition coefficient (Wildman–Crippen LogP) is 1.72. The lowest BCUT2D eigenvalue weighted by Crippen LogP contribution is -2.46. The van der Waals surface area contributed by atoms with Crippen LogP contribution in [0.4, 0.5) is 0 Å². The number of fused-ring (bicyclic) bond motifs is 1. The average molecular weight is 250 g/mol. The maximum Gasteiger partial charge on any atom is 0.122 e. The highest BCUT2D eigenvalue weighted by molar-refractivity contribution is 4.96. The SMILES string of the molecule is CCC(CNCC(C)C)N1CCn2ccnc2C1. The quantitative estimate of drug-likeness (QED) is 0.834. The second kappa shape index (κ2) is 6.34. The molecule has 0 saturated heterocycles. The van der Waals surface area contributed by atoms with Gasteiger partial charge in [0.25, 0.3) is 0 Å². The Bertz CT molecular complexity index is 358. The zero-order valence-corrected chi connectivity index (χ0v) is 11.9. The molecule has 0 radical (unpaired) electrons. The Morgan fingerprint density at radius 3 is 2.89 bits per heavy atom. The summed E-state index contributed by atoms with van der Waals surface area (Å²) in [4.78, 5) is 7.00. The van der Waals surface area contributed by atoms with Crippen LogP contribution in [0.1, 0.15) is 33.0 Å². The molecule has 1 unspecified atom stereocenters. The first-order valence-corrected chi connectivity index (χ1v) is 7.15. The van der Waals surface area contributed by atoms with Crippen LogP contribution in [-0.4, -0.2) is 40.1 Å². The molecule has 0 spiro atoms. The van der Waals surface area contributed by atoms with Gasteiger partial charge in [-0.3, -0.25) is 4.90 Å². The zero-order chi connectivity index (χ0) is 13.0. The first-order chi connectivity index (χ1) is 8.70. The zero-order valence-electron chi connectivity index (χ0n) is 11.9. The molecule has 0 amide bonds. The summed E-state index contributed by atoms with van der Waals surface area (Å²) < 4.78 is 2.27. The van der Waals surface area contributed by atoms with Crippen LogP contribution in [0.15, 0.2) is 12.4 Å². The van der Waals surface area contributed by atoms with Gasteiger partial charge in [0.05, 0.1) is 6.54 Å². The second-order valence-electron chi connectivity index (χ2n) is 5.62. The van der Waals surface area contributed by atoms with E-state index in [0.29, 0.717) is 6.04 Å². The van der Waals surface area contributed by atoms with Gasteiger partial charge in [0.15, 0.2) is 0 Å². The van der Waals surface area contributed by atoms with Gasteiger partial charge in [-0.05, 0) is 18.9 Å². The number of nitrogens with zero attached hydrogens (tertiary/aromatic N) is 3. The topological polar surface area (TPSA) is 33.1 Å². The Balaban J connectivity index is 1.86. The van der Waals surface area contributed by atoms with Crippen molar-refractivity contribution in [2.45, 2.75) is 46.3 Å². The molecule has 4 heteroatoms. The van der Waals surface area contributed by atoms with Crippen molar-refractivity contribution in [2.24, 2.45) is 5.92 Å². The predicted molar refractivity (Wildman–Crippen MR) is 74.4 cm³/mol. The molecule has 1 atom stereocenters. The van der Waals surface area contributed by atoms with Gasteiger partial charge in [-0.25, -0.2) is 4.98 Å². The fraction of sp³-hybridized carbons (Fsp3) is 0.786. The van der Waals surface area contributed by atoms with Crippen molar-refractivity contribution in [2.75, 3.05) is 19.6 Å². The monoisotopic (exact) mass is 250 g/mol. The van der Waals surface area contributed by atoms with Crippen molar-refractivity contribution in [1.29, 1.82) is 0 Å². The largest absolute Gasteiger partial charge is 0.333 e. The highest BCUT2D eigenvalue weighted by Gasteiger charge is 2.22. The van der Waals surface area contributed by atoms with Crippen LogP contribution in [0.5, 0.6) is 0 Å². The minimum Gasteiger partial charge on any atom is -0.333 e. The van der Waals surface area contributed by atoms with E-state index in [2.05, 4.69) is 46.7 Å². The average Bonchev–Trinajstić information content (AvgIpc) is 2.81. The third kappa shape index (κ3) is 3.33. The minimum absolute atomic E-state index is 0.634. The van der Waals surface area contributed by atoms with Gasteiger partial charge in [-0.2, -0.15) is 0 Å². The molecule has 102 valence electrons. The van der Waals surface area contributed by atoms with Gasteiger partial charge in [0.2, 0.25) is 0 Å². The van der Waals surface area contributed by atoms with Gasteiger partial charge in [-0.15, -0.1) is 0 Å². The molecule has 0 aliphatic carbocycles. The molecular weight excluding hydrogens is 224 g/mol. The van der Waals surface area contributed by atoms with E-state index in [9.17, 15) is 0 Å². The lowest BCUT2D eigenvalue weighted by atomic mass is 10.1. The molecule has 0 fully saturated rings. The van der Waals surface area contributed by atoms with E-state index in [0.717, 1.165) is 38.6 Å². The Hall–Kier alpha value is -0.870.